The van der Waals surface area contributed by atoms with Crippen LogP contribution < -0.4 is 0 Å². The summed E-state index contributed by atoms with van der Waals surface area (Å²) in [6, 6.07) is 13.6. The summed E-state index contributed by atoms with van der Waals surface area (Å²) < 4.78 is 43.5. The number of sulfonamides is 1. The largest absolute Gasteiger partial charge is 0.455 e. The standard InChI is InChI=1S/C20H23FN2O5S/c1-3-23(13-16-7-5-4-6-8-16)19(24)15-28-20(25)14-22(2)29(26,27)18-11-9-17(21)10-12-18/h4-12H,3,13-15H2,1-2H3. The van der Waals surface area contributed by atoms with Crippen LogP contribution in [0.3, 0.4) is 0 Å². The molecule has 0 aliphatic carbocycles. The molecule has 0 bridgehead atoms. The average molecular weight is 422 g/mol. The molecule has 0 saturated carbocycles. The summed E-state index contributed by atoms with van der Waals surface area (Å²) in [5.74, 6) is -1.81. The number of esters is 1. The molecule has 2 aromatic rings. The van der Waals surface area contributed by atoms with Gasteiger partial charge in [0.25, 0.3) is 5.91 Å². The van der Waals surface area contributed by atoms with E-state index in [0.29, 0.717) is 13.1 Å². The first kappa shape index (κ1) is 22.5. The first-order valence-corrected chi connectivity index (χ1v) is 10.4. The second-order valence-corrected chi connectivity index (χ2v) is 8.31. The van der Waals surface area contributed by atoms with Gasteiger partial charge in [-0.25, -0.2) is 12.8 Å². The minimum Gasteiger partial charge on any atom is -0.455 e. The topological polar surface area (TPSA) is 84.0 Å². The highest BCUT2D eigenvalue weighted by Gasteiger charge is 2.24. The lowest BCUT2D eigenvalue weighted by Gasteiger charge is -2.21. The van der Waals surface area contributed by atoms with Crippen molar-refractivity contribution in [3.8, 4) is 0 Å². The van der Waals surface area contributed by atoms with Crippen LogP contribution in [-0.2, 0) is 30.9 Å². The van der Waals surface area contributed by atoms with E-state index in [1.807, 2.05) is 37.3 Å². The maximum atomic E-state index is 13.0. The predicted molar refractivity (Wildman–Crippen MR) is 105 cm³/mol. The molecule has 9 heteroatoms. The molecule has 29 heavy (non-hydrogen) atoms. The second-order valence-electron chi connectivity index (χ2n) is 6.27. The number of benzene rings is 2. The SMILES string of the molecule is CCN(Cc1ccccc1)C(=O)COC(=O)CN(C)S(=O)(=O)c1ccc(F)cc1. The van der Waals surface area contributed by atoms with Crippen molar-refractivity contribution >= 4 is 21.9 Å². The Bertz CT molecular complexity index is 933. The molecule has 7 nitrogen and oxygen atoms in total. The van der Waals surface area contributed by atoms with Gasteiger partial charge in [0.2, 0.25) is 10.0 Å². The fraction of sp³-hybridized carbons (Fsp3) is 0.300. The molecule has 0 aromatic heterocycles. The second kappa shape index (κ2) is 10.1. The van der Waals surface area contributed by atoms with Gasteiger partial charge in [0.1, 0.15) is 12.4 Å². The fourth-order valence-corrected chi connectivity index (χ4v) is 3.63. The number of likely N-dealkylation sites (N-methyl/N-ethyl adjacent to an activating group) is 2. The summed E-state index contributed by atoms with van der Waals surface area (Å²) in [4.78, 5) is 25.7. The van der Waals surface area contributed by atoms with Gasteiger partial charge >= 0.3 is 5.97 Å². The van der Waals surface area contributed by atoms with Crippen LogP contribution in [0.25, 0.3) is 0 Å². The maximum Gasteiger partial charge on any atom is 0.321 e. The number of rotatable bonds is 9. The molecule has 0 fully saturated rings. The van der Waals surface area contributed by atoms with Crippen molar-refractivity contribution in [3.05, 3.63) is 66.0 Å². The number of halogens is 1. The Labute approximate surface area is 169 Å². The number of ether oxygens (including phenoxy) is 1. The lowest BCUT2D eigenvalue weighted by atomic mass is 10.2. The summed E-state index contributed by atoms with van der Waals surface area (Å²) in [6.07, 6.45) is 0. The van der Waals surface area contributed by atoms with E-state index in [4.69, 9.17) is 4.74 Å². The van der Waals surface area contributed by atoms with Gasteiger partial charge in [-0.3, -0.25) is 9.59 Å². The van der Waals surface area contributed by atoms with Crippen molar-refractivity contribution in [1.82, 2.24) is 9.21 Å². The van der Waals surface area contributed by atoms with E-state index < -0.39 is 35.0 Å². The summed E-state index contributed by atoms with van der Waals surface area (Å²) in [5.41, 5.74) is 0.944. The molecule has 0 heterocycles. The molecule has 0 saturated heterocycles. The Hall–Kier alpha value is -2.78. The van der Waals surface area contributed by atoms with Crippen LogP contribution in [0, 0.1) is 5.82 Å². The third-order valence-electron chi connectivity index (χ3n) is 4.18. The molecule has 2 aromatic carbocycles. The molecule has 2 rings (SSSR count). The Morgan fingerprint density at radius 2 is 1.66 bits per heavy atom. The normalized spacial score (nSPS) is 11.3. The number of hydrogen-bond donors (Lipinski definition) is 0. The summed E-state index contributed by atoms with van der Waals surface area (Å²) in [7, 11) is -2.78. The van der Waals surface area contributed by atoms with Gasteiger partial charge in [-0.2, -0.15) is 4.31 Å². The van der Waals surface area contributed by atoms with Crippen LogP contribution in [0.2, 0.25) is 0 Å². The van der Waals surface area contributed by atoms with Gasteiger partial charge in [0, 0.05) is 20.1 Å². The van der Waals surface area contributed by atoms with Gasteiger partial charge < -0.3 is 9.64 Å². The maximum absolute atomic E-state index is 13.0. The van der Waals surface area contributed by atoms with Crippen LogP contribution in [0.4, 0.5) is 4.39 Å². The number of nitrogens with zero attached hydrogens (tertiary/aromatic N) is 2. The lowest BCUT2D eigenvalue weighted by Crippen LogP contribution is -2.37. The molecule has 0 spiro atoms. The van der Waals surface area contributed by atoms with E-state index in [9.17, 15) is 22.4 Å². The molecule has 0 aliphatic rings. The first-order chi connectivity index (χ1) is 13.7. The average Bonchev–Trinajstić information content (AvgIpc) is 2.71. The highest BCUT2D eigenvalue weighted by Crippen LogP contribution is 2.14. The van der Waals surface area contributed by atoms with Gasteiger partial charge in [-0.1, -0.05) is 30.3 Å². The first-order valence-electron chi connectivity index (χ1n) is 8.93. The van der Waals surface area contributed by atoms with Crippen LogP contribution in [0.1, 0.15) is 12.5 Å². The van der Waals surface area contributed by atoms with Crippen LogP contribution in [0.15, 0.2) is 59.5 Å². The third kappa shape index (κ3) is 6.37. The van der Waals surface area contributed by atoms with Crippen molar-refractivity contribution in [2.45, 2.75) is 18.4 Å². The Kier molecular flexibility index (Phi) is 7.86. The molecule has 0 atom stereocenters. The summed E-state index contributed by atoms with van der Waals surface area (Å²) in [6.45, 7) is 1.57. The van der Waals surface area contributed by atoms with E-state index in [0.717, 1.165) is 34.1 Å². The van der Waals surface area contributed by atoms with E-state index in [-0.39, 0.29) is 10.8 Å². The summed E-state index contributed by atoms with van der Waals surface area (Å²) in [5, 5.41) is 0. The minimum atomic E-state index is -3.98. The highest BCUT2D eigenvalue weighted by atomic mass is 32.2. The zero-order chi connectivity index (χ0) is 21.4. The Balaban J connectivity index is 1.89. The van der Waals surface area contributed by atoms with Crippen LogP contribution in [0.5, 0.6) is 0 Å². The smallest absolute Gasteiger partial charge is 0.321 e. The molecule has 156 valence electrons. The monoisotopic (exact) mass is 422 g/mol. The molecule has 1 amide bonds. The Morgan fingerprint density at radius 3 is 2.24 bits per heavy atom. The quantitative estimate of drug-likeness (QED) is 0.578. The van der Waals surface area contributed by atoms with Gasteiger partial charge in [0.05, 0.1) is 4.90 Å². The lowest BCUT2D eigenvalue weighted by molar-refractivity contribution is -0.152. The number of hydrogen-bond acceptors (Lipinski definition) is 5. The zero-order valence-corrected chi connectivity index (χ0v) is 17.1. The minimum absolute atomic E-state index is 0.148. The number of carbonyl (C=O) groups excluding carboxylic acids is 2. The Morgan fingerprint density at radius 1 is 1.03 bits per heavy atom. The number of carbonyl (C=O) groups is 2. The number of amides is 1. The van der Waals surface area contributed by atoms with Crippen molar-refractivity contribution in [1.29, 1.82) is 0 Å². The van der Waals surface area contributed by atoms with Gasteiger partial charge in [-0.15, -0.1) is 0 Å². The van der Waals surface area contributed by atoms with Gasteiger partial charge in [0.15, 0.2) is 6.61 Å². The molecule has 0 aliphatic heterocycles. The van der Waals surface area contributed by atoms with Crippen LogP contribution in [-0.4, -0.2) is 56.2 Å². The summed E-state index contributed by atoms with van der Waals surface area (Å²) >= 11 is 0. The van der Waals surface area contributed by atoms with E-state index in [2.05, 4.69) is 0 Å². The van der Waals surface area contributed by atoms with E-state index in [1.54, 1.807) is 0 Å². The predicted octanol–water partition coefficient (Wildman–Crippen LogP) is 2.04. The molecular formula is C20H23FN2O5S. The molecule has 0 N–H and O–H groups in total. The zero-order valence-electron chi connectivity index (χ0n) is 16.2. The van der Waals surface area contributed by atoms with Crippen molar-refractivity contribution in [3.63, 3.8) is 0 Å². The van der Waals surface area contributed by atoms with Crippen molar-refractivity contribution in [2.24, 2.45) is 0 Å². The molecule has 0 unspecified atom stereocenters. The molecule has 0 radical (unpaired) electrons. The van der Waals surface area contributed by atoms with Crippen molar-refractivity contribution in [2.75, 3.05) is 26.7 Å². The van der Waals surface area contributed by atoms with Crippen molar-refractivity contribution < 1.29 is 27.1 Å². The van der Waals surface area contributed by atoms with Crippen LogP contribution >= 0.6 is 0 Å². The van der Waals surface area contributed by atoms with E-state index in [1.165, 1.54) is 11.9 Å². The highest BCUT2D eigenvalue weighted by molar-refractivity contribution is 7.89. The van der Waals surface area contributed by atoms with Gasteiger partial charge in [-0.05, 0) is 36.8 Å². The van der Waals surface area contributed by atoms with E-state index >= 15 is 0 Å². The molecular weight excluding hydrogens is 399 g/mol. The third-order valence-corrected chi connectivity index (χ3v) is 6.00. The fourth-order valence-electron chi connectivity index (χ4n) is 2.51.